The summed E-state index contributed by atoms with van der Waals surface area (Å²) in [5.41, 5.74) is 1.07. The molecule has 0 amide bonds. The predicted octanol–water partition coefficient (Wildman–Crippen LogP) is 3.86. The molecule has 128 valence electrons. The minimum Gasteiger partial charge on any atom is -0.490 e. The van der Waals surface area contributed by atoms with Crippen molar-refractivity contribution in [1.29, 1.82) is 0 Å². The molecule has 0 bridgehead atoms. The zero-order chi connectivity index (χ0) is 16.7. The van der Waals surface area contributed by atoms with E-state index in [1.165, 1.54) is 0 Å². The van der Waals surface area contributed by atoms with Gasteiger partial charge in [0.15, 0.2) is 11.5 Å². The summed E-state index contributed by atoms with van der Waals surface area (Å²) >= 11 is 1.80. The molecule has 1 aromatic carbocycles. The molecule has 0 fully saturated rings. The van der Waals surface area contributed by atoms with Gasteiger partial charge < -0.3 is 14.2 Å². The van der Waals surface area contributed by atoms with E-state index >= 15 is 0 Å². The second-order valence-corrected chi connectivity index (χ2v) is 8.43. The predicted molar refractivity (Wildman–Crippen MR) is 93.5 cm³/mol. The van der Waals surface area contributed by atoms with Crippen LogP contribution in [0.5, 0.6) is 11.5 Å². The lowest BCUT2D eigenvalue weighted by atomic mass is 10.1. The summed E-state index contributed by atoms with van der Waals surface area (Å²) < 4.78 is 16.7. The molecule has 0 unspecified atom stereocenters. The summed E-state index contributed by atoms with van der Waals surface area (Å²) in [5, 5.41) is 0. The fraction of sp³-hybridized carbons (Fsp3) is 0.611. The summed E-state index contributed by atoms with van der Waals surface area (Å²) in [6.45, 7) is 8.30. The highest BCUT2D eigenvalue weighted by molar-refractivity contribution is 8.00. The first kappa shape index (κ1) is 18.0. The maximum atomic E-state index is 11.8. The Morgan fingerprint density at radius 1 is 1.22 bits per heavy atom. The lowest BCUT2D eigenvalue weighted by Crippen LogP contribution is -2.13. The number of aryl methyl sites for hydroxylation is 1. The number of ether oxygens (including phenoxy) is 3. The summed E-state index contributed by atoms with van der Waals surface area (Å²) in [7, 11) is 0. The van der Waals surface area contributed by atoms with Crippen LogP contribution in [0.1, 0.15) is 39.2 Å². The summed E-state index contributed by atoms with van der Waals surface area (Å²) in [5.74, 6) is 2.24. The van der Waals surface area contributed by atoms with Crippen molar-refractivity contribution in [3.8, 4) is 11.5 Å². The molecular formula is C18H26O4S. The van der Waals surface area contributed by atoms with Crippen molar-refractivity contribution in [2.75, 3.05) is 25.6 Å². The number of rotatable bonds is 6. The van der Waals surface area contributed by atoms with Gasteiger partial charge in [-0.2, -0.15) is 11.8 Å². The molecule has 0 radical (unpaired) electrons. The molecule has 5 heteroatoms. The molecule has 1 aromatic rings. The van der Waals surface area contributed by atoms with E-state index < -0.39 is 0 Å². The van der Waals surface area contributed by atoms with Crippen molar-refractivity contribution >= 4 is 17.7 Å². The molecule has 4 nitrogen and oxygen atoms in total. The molecule has 1 aliphatic heterocycles. The number of carbonyl (C=O) groups is 1. The van der Waals surface area contributed by atoms with Crippen LogP contribution in [-0.4, -0.2) is 36.3 Å². The number of thioether (sulfide) groups is 1. The Morgan fingerprint density at radius 2 is 1.96 bits per heavy atom. The smallest absolute Gasteiger partial charge is 0.306 e. The van der Waals surface area contributed by atoms with E-state index in [1.807, 2.05) is 18.2 Å². The zero-order valence-corrected chi connectivity index (χ0v) is 15.0. The van der Waals surface area contributed by atoms with Gasteiger partial charge in [-0.05, 0) is 24.1 Å². The molecule has 23 heavy (non-hydrogen) atoms. The molecule has 0 saturated carbocycles. The Hall–Kier alpha value is -1.36. The van der Waals surface area contributed by atoms with Crippen LogP contribution in [-0.2, 0) is 16.0 Å². The summed E-state index contributed by atoms with van der Waals surface area (Å²) in [6.07, 6.45) is 1.94. The van der Waals surface area contributed by atoms with Gasteiger partial charge in [0.1, 0.15) is 6.61 Å². The second kappa shape index (κ2) is 8.48. The van der Waals surface area contributed by atoms with Gasteiger partial charge in [0, 0.05) is 23.3 Å². The third kappa shape index (κ3) is 6.73. The summed E-state index contributed by atoms with van der Waals surface area (Å²) in [6, 6.07) is 5.86. The first-order valence-corrected chi connectivity index (χ1v) is 9.11. The first-order valence-electron chi connectivity index (χ1n) is 8.12. The Balaban J connectivity index is 1.73. The maximum absolute atomic E-state index is 11.8. The van der Waals surface area contributed by atoms with Gasteiger partial charge in [0.05, 0.1) is 13.2 Å². The van der Waals surface area contributed by atoms with E-state index in [9.17, 15) is 4.79 Å². The molecule has 0 saturated heterocycles. The number of hydrogen-bond acceptors (Lipinski definition) is 5. The van der Waals surface area contributed by atoms with Crippen LogP contribution in [0.25, 0.3) is 0 Å². The fourth-order valence-electron chi connectivity index (χ4n) is 2.19. The van der Waals surface area contributed by atoms with Gasteiger partial charge in [-0.3, -0.25) is 4.79 Å². The largest absolute Gasteiger partial charge is 0.490 e. The SMILES string of the molecule is CC(C)(C)SCCOC(=O)CCc1ccc2c(c1)OCCCO2. The minimum absolute atomic E-state index is 0.147. The molecule has 0 aromatic heterocycles. The molecule has 0 atom stereocenters. The van der Waals surface area contributed by atoms with Gasteiger partial charge in [-0.1, -0.05) is 26.8 Å². The highest BCUT2D eigenvalue weighted by atomic mass is 32.2. The van der Waals surface area contributed by atoms with Gasteiger partial charge in [-0.25, -0.2) is 0 Å². The van der Waals surface area contributed by atoms with Crippen LogP contribution in [0, 0.1) is 0 Å². The Morgan fingerprint density at radius 3 is 2.70 bits per heavy atom. The normalized spacial score (nSPS) is 14.2. The third-order valence-corrected chi connectivity index (χ3v) is 4.55. The van der Waals surface area contributed by atoms with Crippen molar-refractivity contribution < 1.29 is 19.0 Å². The zero-order valence-electron chi connectivity index (χ0n) is 14.2. The lowest BCUT2D eigenvalue weighted by molar-refractivity contribution is -0.142. The second-order valence-electron chi connectivity index (χ2n) is 6.51. The van der Waals surface area contributed by atoms with Gasteiger partial charge in [0.25, 0.3) is 0 Å². The van der Waals surface area contributed by atoms with Crippen molar-refractivity contribution in [2.45, 2.75) is 44.8 Å². The first-order chi connectivity index (χ1) is 10.9. The van der Waals surface area contributed by atoms with Crippen LogP contribution in [0.4, 0.5) is 0 Å². The van der Waals surface area contributed by atoms with Crippen molar-refractivity contribution in [2.24, 2.45) is 0 Å². The summed E-state index contributed by atoms with van der Waals surface area (Å²) in [4.78, 5) is 11.8. The van der Waals surface area contributed by atoms with Crippen molar-refractivity contribution in [3.05, 3.63) is 23.8 Å². The highest BCUT2D eigenvalue weighted by Gasteiger charge is 2.13. The number of fused-ring (bicyclic) bond motifs is 1. The van der Waals surface area contributed by atoms with Crippen LogP contribution in [0.2, 0.25) is 0 Å². The molecule has 0 aliphatic carbocycles. The van der Waals surface area contributed by atoms with Gasteiger partial charge >= 0.3 is 5.97 Å². The third-order valence-electron chi connectivity index (χ3n) is 3.31. The molecule has 0 spiro atoms. The van der Waals surface area contributed by atoms with Crippen molar-refractivity contribution in [1.82, 2.24) is 0 Å². The number of esters is 1. The molecular weight excluding hydrogens is 312 g/mol. The highest BCUT2D eigenvalue weighted by Crippen LogP contribution is 2.30. The monoisotopic (exact) mass is 338 g/mol. The van der Waals surface area contributed by atoms with E-state index in [0.29, 0.717) is 32.7 Å². The lowest BCUT2D eigenvalue weighted by Gasteiger charge is -2.17. The topological polar surface area (TPSA) is 44.8 Å². The van der Waals surface area contributed by atoms with E-state index in [0.717, 1.165) is 29.2 Å². The van der Waals surface area contributed by atoms with Crippen molar-refractivity contribution in [3.63, 3.8) is 0 Å². The maximum Gasteiger partial charge on any atom is 0.306 e. The average molecular weight is 338 g/mol. The quantitative estimate of drug-likeness (QED) is 0.582. The fourth-order valence-corrected chi connectivity index (χ4v) is 2.96. The minimum atomic E-state index is -0.147. The molecule has 0 N–H and O–H groups in total. The van der Waals surface area contributed by atoms with E-state index in [-0.39, 0.29) is 10.7 Å². The Bertz CT molecular complexity index is 522. The van der Waals surface area contributed by atoms with Crippen LogP contribution >= 0.6 is 11.8 Å². The van der Waals surface area contributed by atoms with E-state index in [2.05, 4.69) is 20.8 Å². The van der Waals surface area contributed by atoms with E-state index in [4.69, 9.17) is 14.2 Å². The molecule has 2 rings (SSSR count). The number of hydrogen-bond donors (Lipinski definition) is 0. The van der Waals surface area contributed by atoms with Gasteiger partial charge in [0.2, 0.25) is 0 Å². The molecule has 1 aliphatic rings. The molecule has 1 heterocycles. The van der Waals surface area contributed by atoms with E-state index in [1.54, 1.807) is 11.8 Å². The Labute approximate surface area is 142 Å². The number of benzene rings is 1. The van der Waals surface area contributed by atoms with Crippen LogP contribution in [0.3, 0.4) is 0 Å². The Kier molecular flexibility index (Phi) is 6.63. The van der Waals surface area contributed by atoms with Gasteiger partial charge in [-0.15, -0.1) is 0 Å². The average Bonchev–Trinajstić information content (AvgIpc) is 2.73. The van der Waals surface area contributed by atoms with Crippen LogP contribution in [0.15, 0.2) is 18.2 Å². The number of carbonyl (C=O) groups excluding carboxylic acids is 1. The standard InChI is InChI=1S/C18H26O4S/c1-18(2,3)23-12-11-22-17(19)8-6-14-5-7-15-16(13-14)21-10-4-9-20-15/h5,7,13H,4,6,8-12H2,1-3H3. The van der Waals surface area contributed by atoms with Crippen LogP contribution < -0.4 is 9.47 Å².